The average molecular weight is 306 g/mol. The number of hydrogen-bond donors (Lipinski definition) is 1. The Morgan fingerprint density at radius 3 is 2.73 bits per heavy atom. The van der Waals surface area contributed by atoms with Crippen LogP contribution in [0.4, 0.5) is 4.79 Å². The average Bonchev–Trinajstić information content (AvgIpc) is 2.44. The molecule has 1 aromatic carbocycles. The van der Waals surface area contributed by atoms with E-state index < -0.39 is 11.7 Å². The molecule has 1 heterocycles. The monoisotopic (exact) mass is 306 g/mol. The van der Waals surface area contributed by atoms with Crippen molar-refractivity contribution in [3.63, 3.8) is 0 Å². The molecule has 1 aromatic rings. The van der Waals surface area contributed by atoms with Crippen LogP contribution < -0.4 is 5.43 Å². The van der Waals surface area contributed by atoms with Gasteiger partial charge in [-0.3, -0.25) is 5.43 Å². The van der Waals surface area contributed by atoms with Gasteiger partial charge in [-0.05, 0) is 39.2 Å². The van der Waals surface area contributed by atoms with Gasteiger partial charge in [0, 0.05) is 13.1 Å². The Kier molecular flexibility index (Phi) is 5.80. The molecule has 0 bridgehead atoms. The lowest BCUT2D eigenvalue weighted by molar-refractivity contribution is -0.0299. The maximum atomic E-state index is 11.8. The molecule has 1 saturated heterocycles. The van der Waals surface area contributed by atoms with Gasteiger partial charge in [0.1, 0.15) is 5.60 Å². The lowest BCUT2D eigenvalue weighted by Crippen LogP contribution is -2.51. The highest BCUT2D eigenvalue weighted by atomic mass is 16.6. The fourth-order valence-corrected chi connectivity index (χ4v) is 2.39. The molecule has 1 amide bonds. The number of ether oxygens (including phenoxy) is 2. The highest BCUT2D eigenvalue weighted by Crippen LogP contribution is 2.14. The third kappa shape index (κ3) is 6.03. The van der Waals surface area contributed by atoms with Crippen LogP contribution in [0.3, 0.4) is 0 Å². The van der Waals surface area contributed by atoms with Crippen molar-refractivity contribution in [3.05, 3.63) is 35.9 Å². The first-order valence-corrected chi connectivity index (χ1v) is 7.82. The number of hydrogen-bond acceptors (Lipinski definition) is 4. The zero-order valence-corrected chi connectivity index (χ0v) is 13.7. The molecular weight excluding hydrogens is 280 g/mol. The number of hydrazine groups is 1. The zero-order chi connectivity index (χ0) is 16.0. The van der Waals surface area contributed by atoms with Crippen molar-refractivity contribution in [2.45, 2.75) is 51.9 Å². The Morgan fingerprint density at radius 2 is 2.05 bits per heavy atom. The Morgan fingerprint density at radius 1 is 1.32 bits per heavy atom. The fourth-order valence-electron chi connectivity index (χ4n) is 2.39. The van der Waals surface area contributed by atoms with Crippen molar-refractivity contribution in [2.24, 2.45) is 0 Å². The second-order valence-electron chi connectivity index (χ2n) is 6.62. The molecule has 1 fully saturated rings. The predicted octanol–water partition coefficient (Wildman–Crippen LogP) is 3.11. The van der Waals surface area contributed by atoms with Crippen LogP contribution in [0.2, 0.25) is 0 Å². The first-order chi connectivity index (χ1) is 10.4. The third-order valence-electron chi connectivity index (χ3n) is 3.35. The second kappa shape index (κ2) is 7.61. The van der Waals surface area contributed by atoms with Gasteiger partial charge in [0.05, 0.1) is 12.7 Å². The number of benzene rings is 1. The molecule has 22 heavy (non-hydrogen) atoms. The van der Waals surface area contributed by atoms with Crippen molar-refractivity contribution < 1.29 is 14.3 Å². The summed E-state index contributed by atoms with van der Waals surface area (Å²) in [5.41, 5.74) is 3.48. The molecule has 5 heteroatoms. The lowest BCUT2D eigenvalue weighted by Gasteiger charge is -2.33. The largest absolute Gasteiger partial charge is 0.443 e. The highest BCUT2D eigenvalue weighted by Gasteiger charge is 2.24. The molecule has 0 radical (unpaired) electrons. The van der Waals surface area contributed by atoms with Crippen LogP contribution in [0.25, 0.3) is 0 Å². The van der Waals surface area contributed by atoms with E-state index in [1.165, 1.54) is 5.56 Å². The molecule has 122 valence electrons. The third-order valence-corrected chi connectivity index (χ3v) is 3.35. The Balaban J connectivity index is 1.75. The van der Waals surface area contributed by atoms with Crippen LogP contribution >= 0.6 is 0 Å². The van der Waals surface area contributed by atoms with E-state index in [1.54, 1.807) is 0 Å². The molecule has 0 aromatic heterocycles. The van der Waals surface area contributed by atoms with E-state index in [1.807, 2.05) is 44.0 Å². The number of piperidine rings is 1. The van der Waals surface area contributed by atoms with E-state index in [0.29, 0.717) is 13.2 Å². The molecule has 2 rings (SSSR count). The molecule has 0 unspecified atom stereocenters. The Hall–Kier alpha value is -1.59. The van der Waals surface area contributed by atoms with Crippen LogP contribution in [0.1, 0.15) is 39.2 Å². The summed E-state index contributed by atoms with van der Waals surface area (Å²) < 4.78 is 11.2. The summed E-state index contributed by atoms with van der Waals surface area (Å²) in [6.07, 6.45) is 1.73. The molecule has 1 atom stereocenters. The normalized spacial score (nSPS) is 19.7. The minimum Gasteiger partial charge on any atom is -0.443 e. The first-order valence-electron chi connectivity index (χ1n) is 7.82. The van der Waals surface area contributed by atoms with Gasteiger partial charge in [0.2, 0.25) is 0 Å². The van der Waals surface area contributed by atoms with E-state index in [-0.39, 0.29) is 6.10 Å². The number of amides is 1. The summed E-state index contributed by atoms with van der Waals surface area (Å²) >= 11 is 0. The van der Waals surface area contributed by atoms with Crippen LogP contribution in [0.5, 0.6) is 0 Å². The van der Waals surface area contributed by atoms with E-state index in [2.05, 4.69) is 17.6 Å². The van der Waals surface area contributed by atoms with Gasteiger partial charge in [-0.1, -0.05) is 30.3 Å². The SMILES string of the molecule is CC(C)(C)OC(=O)NN1CCC[C@H](OCc2ccccc2)C1. The summed E-state index contributed by atoms with van der Waals surface area (Å²) in [4.78, 5) is 11.8. The van der Waals surface area contributed by atoms with Crippen molar-refractivity contribution in [1.82, 2.24) is 10.4 Å². The summed E-state index contributed by atoms with van der Waals surface area (Å²) in [6, 6.07) is 10.1. The summed E-state index contributed by atoms with van der Waals surface area (Å²) in [5.74, 6) is 0. The highest BCUT2D eigenvalue weighted by molar-refractivity contribution is 5.67. The van der Waals surface area contributed by atoms with E-state index in [9.17, 15) is 4.79 Å². The Labute approximate surface area is 132 Å². The standard InChI is InChI=1S/C17H26N2O3/c1-17(2,3)22-16(20)18-19-11-7-10-15(12-19)21-13-14-8-5-4-6-9-14/h4-6,8-9,15H,7,10-13H2,1-3H3,(H,18,20)/t15-/m0/s1. The van der Waals surface area contributed by atoms with Gasteiger partial charge in [0.15, 0.2) is 0 Å². The van der Waals surface area contributed by atoms with E-state index in [4.69, 9.17) is 9.47 Å². The number of carbonyl (C=O) groups excluding carboxylic acids is 1. The smallest absolute Gasteiger partial charge is 0.422 e. The number of rotatable bonds is 4. The second-order valence-corrected chi connectivity index (χ2v) is 6.62. The molecule has 0 spiro atoms. The topological polar surface area (TPSA) is 50.8 Å². The molecule has 5 nitrogen and oxygen atoms in total. The van der Waals surface area contributed by atoms with Crippen LogP contribution in [-0.4, -0.2) is 35.9 Å². The van der Waals surface area contributed by atoms with Gasteiger partial charge in [-0.15, -0.1) is 0 Å². The van der Waals surface area contributed by atoms with Crippen molar-refractivity contribution >= 4 is 6.09 Å². The molecule has 1 N–H and O–H groups in total. The quantitative estimate of drug-likeness (QED) is 0.928. The predicted molar refractivity (Wildman–Crippen MR) is 85.2 cm³/mol. The van der Waals surface area contributed by atoms with Gasteiger partial charge in [-0.25, -0.2) is 9.80 Å². The molecule has 0 aliphatic carbocycles. The summed E-state index contributed by atoms with van der Waals surface area (Å²) in [6.45, 7) is 7.68. The molecule has 1 aliphatic heterocycles. The van der Waals surface area contributed by atoms with Crippen LogP contribution in [0, 0.1) is 0 Å². The maximum Gasteiger partial charge on any atom is 0.422 e. The van der Waals surface area contributed by atoms with Crippen molar-refractivity contribution in [2.75, 3.05) is 13.1 Å². The summed E-state index contributed by atoms with van der Waals surface area (Å²) in [5, 5.41) is 1.88. The molecule has 1 aliphatic rings. The van der Waals surface area contributed by atoms with Crippen molar-refractivity contribution in [3.8, 4) is 0 Å². The zero-order valence-electron chi connectivity index (χ0n) is 13.7. The first kappa shape index (κ1) is 16.8. The van der Waals surface area contributed by atoms with Crippen LogP contribution in [-0.2, 0) is 16.1 Å². The minimum atomic E-state index is -0.483. The van der Waals surface area contributed by atoms with E-state index >= 15 is 0 Å². The fraction of sp³-hybridized carbons (Fsp3) is 0.588. The Bertz CT molecular complexity index is 471. The number of nitrogens with one attached hydrogen (secondary N) is 1. The molecule has 0 saturated carbocycles. The van der Waals surface area contributed by atoms with Gasteiger partial charge >= 0.3 is 6.09 Å². The summed E-state index contributed by atoms with van der Waals surface area (Å²) in [7, 11) is 0. The molecular formula is C17H26N2O3. The number of carbonyl (C=O) groups is 1. The van der Waals surface area contributed by atoms with Gasteiger partial charge in [0.25, 0.3) is 0 Å². The van der Waals surface area contributed by atoms with Gasteiger partial charge < -0.3 is 9.47 Å². The van der Waals surface area contributed by atoms with Gasteiger partial charge in [-0.2, -0.15) is 0 Å². The van der Waals surface area contributed by atoms with Crippen LogP contribution in [0.15, 0.2) is 30.3 Å². The number of nitrogens with zero attached hydrogens (tertiary/aromatic N) is 1. The van der Waals surface area contributed by atoms with Crippen molar-refractivity contribution in [1.29, 1.82) is 0 Å². The van der Waals surface area contributed by atoms with E-state index in [0.717, 1.165) is 19.4 Å². The maximum absolute atomic E-state index is 11.8. The minimum absolute atomic E-state index is 0.129. The lowest BCUT2D eigenvalue weighted by atomic mass is 10.1.